The van der Waals surface area contributed by atoms with Crippen LogP contribution in [0.1, 0.15) is 191 Å². The first-order valence-corrected chi connectivity index (χ1v) is 20.3. The lowest BCUT2D eigenvalue weighted by molar-refractivity contribution is -0.131. The minimum atomic E-state index is -0.779. The second kappa shape index (κ2) is 27.1. The molecule has 0 bridgehead atoms. The predicted octanol–water partition coefficient (Wildman–Crippen LogP) is 9.43. The Hall–Kier alpha value is -2.58. The van der Waals surface area contributed by atoms with Gasteiger partial charge in [0.05, 0.1) is 12.1 Å². The molecule has 4 N–H and O–H groups in total. The number of amides is 4. The van der Waals surface area contributed by atoms with E-state index in [0.29, 0.717) is 24.2 Å². The van der Waals surface area contributed by atoms with Gasteiger partial charge >= 0.3 is 0 Å². The number of nitrogens with zero attached hydrogens (tertiary/aromatic N) is 2. The molecular formula is C42H74N4O4. The van der Waals surface area contributed by atoms with Crippen molar-refractivity contribution in [3.63, 3.8) is 0 Å². The Morgan fingerprint density at radius 3 is 0.940 bits per heavy atom. The van der Waals surface area contributed by atoms with Crippen LogP contribution in [0.25, 0.3) is 0 Å². The third kappa shape index (κ3) is 17.6. The zero-order valence-electron chi connectivity index (χ0n) is 32.9. The van der Waals surface area contributed by atoms with Crippen LogP contribution in [0, 0.1) is 11.8 Å². The van der Waals surface area contributed by atoms with Crippen molar-refractivity contribution in [1.29, 1.82) is 0 Å². The summed E-state index contributed by atoms with van der Waals surface area (Å²) in [6.07, 6.45) is 23.1. The van der Waals surface area contributed by atoms with E-state index in [1.807, 2.05) is 27.7 Å². The predicted molar refractivity (Wildman–Crippen MR) is 208 cm³/mol. The Balaban J connectivity index is 2.90. The smallest absolute Gasteiger partial charge is 0.260 e. The van der Waals surface area contributed by atoms with Gasteiger partial charge in [0.25, 0.3) is 11.8 Å². The number of nitrogens with two attached hydrogens (primary N) is 2. The summed E-state index contributed by atoms with van der Waals surface area (Å²) in [5.41, 5.74) is 13.1. The van der Waals surface area contributed by atoms with E-state index in [0.717, 1.165) is 51.4 Å². The van der Waals surface area contributed by atoms with Crippen molar-refractivity contribution in [3.8, 4) is 0 Å². The quantitative estimate of drug-likeness (QED) is 0.0840. The van der Waals surface area contributed by atoms with Crippen LogP contribution < -0.4 is 11.5 Å². The van der Waals surface area contributed by atoms with Crippen LogP contribution in [0.3, 0.4) is 0 Å². The van der Waals surface area contributed by atoms with Gasteiger partial charge in [0.15, 0.2) is 0 Å². The minimum Gasteiger partial charge on any atom is -0.320 e. The fourth-order valence-corrected chi connectivity index (χ4v) is 6.14. The monoisotopic (exact) mass is 699 g/mol. The van der Waals surface area contributed by atoms with Gasteiger partial charge in [0.2, 0.25) is 11.8 Å². The molecule has 2 atom stereocenters. The summed E-state index contributed by atoms with van der Waals surface area (Å²) in [7, 11) is 0. The molecule has 8 heteroatoms. The standard InChI is InChI=1S/C42H74N4O4/c1-7-9-11-13-15-17-19-21-23-25-31-45(41(49)37(43)33(3)4)39(47)35-27-29-36(30-28-35)40(48)46(42(50)38(44)34(5)6)32-26-24-22-20-18-16-14-12-10-8-2/h27-30,33-34,37-38H,7-26,31-32,43-44H2,1-6H3/t37-,38-/m0/s1. The van der Waals surface area contributed by atoms with E-state index in [1.165, 1.54) is 86.8 Å². The van der Waals surface area contributed by atoms with Crippen LogP contribution in [0.2, 0.25) is 0 Å². The number of carbonyl (C=O) groups excluding carboxylic acids is 4. The molecule has 1 aromatic rings. The highest BCUT2D eigenvalue weighted by Crippen LogP contribution is 2.18. The van der Waals surface area contributed by atoms with Gasteiger partial charge in [-0.2, -0.15) is 0 Å². The molecule has 0 fully saturated rings. The SMILES string of the molecule is CCCCCCCCCCCCN(C(=O)c1ccc(C(=O)N(CCCCCCCCCCCC)C(=O)[C@@H](N)C(C)C)cc1)C(=O)[C@@H](N)C(C)C. The van der Waals surface area contributed by atoms with Crippen LogP contribution in [-0.2, 0) is 9.59 Å². The second-order valence-electron chi connectivity index (χ2n) is 15.1. The fraction of sp³-hybridized carbons (Fsp3) is 0.762. The molecule has 1 aromatic carbocycles. The van der Waals surface area contributed by atoms with Crippen molar-refractivity contribution in [2.75, 3.05) is 13.1 Å². The minimum absolute atomic E-state index is 0.109. The van der Waals surface area contributed by atoms with Gasteiger partial charge < -0.3 is 11.5 Å². The van der Waals surface area contributed by atoms with E-state index < -0.39 is 23.9 Å². The van der Waals surface area contributed by atoms with Gasteiger partial charge in [-0.3, -0.25) is 29.0 Å². The normalized spacial score (nSPS) is 12.7. The molecule has 1 rings (SSSR count). The van der Waals surface area contributed by atoms with E-state index in [2.05, 4.69) is 13.8 Å². The number of hydrogen-bond acceptors (Lipinski definition) is 6. The number of rotatable bonds is 28. The van der Waals surface area contributed by atoms with E-state index in [-0.39, 0.29) is 23.7 Å². The maximum Gasteiger partial charge on any atom is 0.260 e. The zero-order valence-corrected chi connectivity index (χ0v) is 32.9. The van der Waals surface area contributed by atoms with Crippen LogP contribution in [0.5, 0.6) is 0 Å². The molecule has 0 saturated heterocycles. The molecule has 0 aliphatic rings. The molecule has 0 radical (unpaired) electrons. The zero-order chi connectivity index (χ0) is 37.3. The van der Waals surface area contributed by atoms with Crippen LogP contribution in [0.4, 0.5) is 0 Å². The van der Waals surface area contributed by atoms with E-state index in [9.17, 15) is 19.2 Å². The summed E-state index contributed by atoms with van der Waals surface area (Å²) in [5, 5.41) is 0. The van der Waals surface area contributed by atoms with Crippen molar-refractivity contribution in [3.05, 3.63) is 35.4 Å². The molecule has 0 unspecified atom stereocenters. The van der Waals surface area contributed by atoms with Gasteiger partial charge in [0.1, 0.15) is 0 Å². The molecule has 0 spiro atoms. The van der Waals surface area contributed by atoms with Gasteiger partial charge in [-0.1, -0.05) is 157 Å². The Labute approximate surface area is 305 Å². The van der Waals surface area contributed by atoms with Gasteiger partial charge in [0, 0.05) is 24.2 Å². The van der Waals surface area contributed by atoms with Gasteiger partial charge in [-0.15, -0.1) is 0 Å². The van der Waals surface area contributed by atoms with Crippen molar-refractivity contribution < 1.29 is 19.2 Å². The lowest BCUT2D eigenvalue weighted by atomic mass is 10.0. The molecular weight excluding hydrogens is 624 g/mol. The third-order valence-corrected chi connectivity index (χ3v) is 9.88. The highest BCUT2D eigenvalue weighted by molar-refractivity contribution is 6.08. The number of hydrogen-bond donors (Lipinski definition) is 2. The Kier molecular flexibility index (Phi) is 24.6. The molecule has 0 heterocycles. The van der Waals surface area contributed by atoms with E-state index in [4.69, 9.17) is 11.5 Å². The summed E-state index contributed by atoms with van der Waals surface area (Å²) in [6.45, 7) is 12.6. The van der Waals surface area contributed by atoms with Crippen molar-refractivity contribution in [2.45, 2.75) is 182 Å². The molecule has 0 aromatic heterocycles. The van der Waals surface area contributed by atoms with Crippen LogP contribution >= 0.6 is 0 Å². The maximum absolute atomic E-state index is 13.7. The first-order valence-electron chi connectivity index (χ1n) is 20.3. The highest BCUT2D eigenvalue weighted by Gasteiger charge is 2.31. The Morgan fingerprint density at radius 2 is 0.700 bits per heavy atom. The van der Waals surface area contributed by atoms with Crippen molar-refractivity contribution in [1.82, 2.24) is 9.80 Å². The fourth-order valence-electron chi connectivity index (χ4n) is 6.14. The lowest BCUT2D eigenvalue weighted by Gasteiger charge is -2.27. The summed E-state index contributed by atoms with van der Waals surface area (Å²) >= 11 is 0. The summed E-state index contributed by atoms with van der Waals surface area (Å²) in [4.78, 5) is 56.7. The summed E-state index contributed by atoms with van der Waals surface area (Å²) in [5.74, 6) is -1.81. The molecule has 8 nitrogen and oxygen atoms in total. The number of benzene rings is 1. The average Bonchev–Trinajstić information content (AvgIpc) is 3.11. The van der Waals surface area contributed by atoms with E-state index in [1.54, 1.807) is 24.3 Å². The first kappa shape index (κ1) is 45.4. The van der Waals surface area contributed by atoms with Crippen molar-refractivity contribution >= 4 is 23.6 Å². The first-order chi connectivity index (χ1) is 24.0. The molecule has 0 aliphatic carbocycles. The molecule has 0 aliphatic heterocycles. The molecule has 4 amide bonds. The van der Waals surface area contributed by atoms with Gasteiger partial charge in [-0.05, 0) is 48.9 Å². The number of imide groups is 2. The Bertz CT molecular complexity index is 1000. The van der Waals surface area contributed by atoms with Crippen LogP contribution in [0.15, 0.2) is 24.3 Å². The summed E-state index contributed by atoms with van der Waals surface area (Å²) in [6, 6.07) is 4.72. The average molecular weight is 699 g/mol. The topological polar surface area (TPSA) is 127 Å². The number of unbranched alkanes of at least 4 members (excludes halogenated alkanes) is 18. The molecule has 50 heavy (non-hydrogen) atoms. The second-order valence-corrected chi connectivity index (χ2v) is 15.1. The molecule has 286 valence electrons. The summed E-state index contributed by atoms with van der Waals surface area (Å²) < 4.78 is 0. The third-order valence-electron chi connectivity index (χ3n) is 9.88. The molecule has 0 saturated carbocycles. The van der Waals surface area contributed by atoms with Gasteiger partial charge in [-0.25, -0.2) is 0 Å². The van der Waals surface area contributed by atoms with Crippen molar-refractivity contribution in [2.24, 2.45) is 23.3 Å². The lowest BCUT2D eigenvalue weighted by Crippen LogP contribution is -2.49. The maximum atomic E-state index is 13.7. The van der Waals surface area contributed by atoms with E-state index >= 15 is 0 Å². The number of carbonyl (C=O) groups is 4. The largest absolute Gasteiger partial charge is 0.320 e. The van der Waals surface area contributed by atoms with Crippen LogP contribution in [-0.4, -0.2) is 58.6 Å². The highest BCUT2D eigenvalue weighted by atomic mass is 16.2. The Morgan fingerprint density at radius 1 is 0.460 bits per heavy atom.